The van der Waals surface area contributed by atoms with Gasteiger partial charge in [-0.15, -0.1) is 0 Å². The van der Waals surface area contributed by atoms with Gasteiger partial charge in [0.2, 0.25) is 5.91 Å². The molecule has 0 aromatic heterocycles. The Hall–Kier alpha value is -2.09. The van der Waals surface area contributed by atoms with Gasteiger partial charge in [-0.2, -0.15) is 0 Å². The highest BCUT2D eigenvalue weighted by Gasteiger charge is 2.14. The SMILES string of the molecule is Cc1ccc(NC(=O)[C@@H](C)c2ccccc2)cc1C. The molecule has 0 aliphatic rings. The number of carbonyl (C=O) groups is 1. The molecule has 0 fully saturated rings. The summed E-state index contributed by atoms with van der Waals surface area (Å²) in [6.45, 7) is 6.03. The van der Waals surface area contributed by atoms with E-state index < -0.39 is 0 Å². The fourth-order valence-corrected chi connectivity index (χ4v) is 1.96. The summed E-state index contributed by atoms with van der Waals surface area (Å²) in [5.74, 6) is -0.128. The van der Waals surface area contributed by atoms with Crippen LogP contribution in [0.1, 0.15) is 29.5 Å². The lowest BCUT2D eigenvalue weighted by molar-refractivity contribution is -0.117. The summed E-state index contributed by atoms with van der Waals surface area (Å²) in [6.07, 6.45) is 0. The lowest BCUT2D eigenvalue weighted by Gasteiger charge is -2.13. The maximum absolute atomic E-state index is 12.2. The molecule has 0 saturated heterocycles. The van der Waals surface area contributed by atoms with Crippen molar-refractivity contribution in [2.24, 2.45) is 0 Å². The summed E-state index contributed by atoms with van der Waals surface area (Å²) in [5, 5.41) is 2.97. The van der Waals surface area contributed by atoms with Crippen LogP contribution in [0.4, 0.5) is 5.69 Å². The molecule has 2 nitrogen and oxygen atoms in total. The summed E-state index contributed by atoms with van der Waals surface area (Å²) in [5.41, 5.74) is 4.30. The molecule has 0 spiro atoms. The zero-order chi connectivity index (χ0) is 13.8. The molecular formula is C17H19NO. The topological polar surface area (TPSA) is 29.1 Å². The number of carbonyl (C=O) groups excluding carboxylic acids is 1. The number of rotatable bonds is 3. The maximum atomic E-state index is 12.2. The minimum Gasteiger partial charge on any atom is -0.326 e. The standard InChI is InChI=1S/C17H19NO/c1-12-9-10-16(11-13(12)2)18-17(19)14(3)15-7-5-4-6-8-15/h4-11,14H,1-3H3,(H,18,19)/t14-/m0/s1. The average Bonchev–Trinajstić information content (AvgIpc) is 2.43. The van der Waals surface area contributed by atoms with E-state index in [1.807, 2.05) is 62.4 Å². The van der Waals surface area contributed by atoms with Crippen LogP contribution in [0, 0.1) is 13.8 Å². The Morgan fingerprint density at radius 3 is 2.32 bits per heavy atom. The van der Waals surface area contributed by atoms with Gasteiger partial charge < -0.3 is 5.32 Å². The first-order valence-corrected chi connectivity index (χ1v) is 6.51. The fourth-order valence-electron chi connectivity index (χ4n) is 1.96. The first-order valence-electron chi connectivity index (χ1n) is 6.51. The van der Waals surface area contributed by atoms with Crippen LogP contribution in [0.5, 0.6) is 0 Å². The molecule has 2 rings (SSSR count). The van der Waals surface area contributed by atoms with Gasteiger partial charge in [0.1, 0.15) is 0 Å². The normalized spacial score (nSPS) is 11.9. The minimum absolute atomic E-state index is 0.0226. The second kappa shape index (κ2) is 5.70. The molecule has 2 aromatic carbocycles. The Bertz CT molecular complexity index is 575. The van der Waals surface area contributed by atoms with Crippen LogP contribution in [-0.4, -0.2) is 5.91 Å². The number of hydrogen-bond acceptors (Lipinski definition) is 1. The number of benzene rings is 2. The highest BCUT2D eigenvalue weighted by Crippen LogP contribution is 2.19. The van der Waals surface area contributed by atoms with Crippen LogP contribution in [0.2, 0.25) is 0 Å². The minimum atomic E-state index is -0.150. The number of amides is 1. The van der Waals surface area contributed by atoms with Gasteiger partial charge in [0.25, 0.3) is 0 Å². The van der Waals surface area contributed by atoms with E-state index in [2.05, 4.69) is 12.2 Å². The summed E-state index contributed by atoms with van der Waals surface area (Å²) in [7, 11) is 0. The lowest BCUT2D eigenvalue weighted by Crippen LogP contribution is -2.18. The number of nitrogens with one attached hydrogen (secondary N) is 1. The smallest absolute Gasteiger partial charge is 0.231 e. The van der Waals surface area contributed by atoms with Crippen molar-refractivity contribution in [1.82, 2.24) is 0 Å². The van der Waals surface area contributed by atoms with Gasteiger partial charge in [-0.1, -0.05) is 36.4 Å². The third-order valence-corrected chi connectivity index (χ3v) is 3.47. The van der Waals surface area contributed by atoms with Gasteiger partial charge in [-0.3, -0.25) is 4.79 Å². The summed E-state index contributed by atoms with van der Waals surface area (Å²) < 4.78 is 0. The van der Waals surface area contributed by atoms with Gasteiger partial charge in [0.15, 0.2) is 0 Å². The van der Waals surface area contributed by atoms with Crippen LogP contribution in [0.3, 0.4) is 0 Å². The van der Waals surface area contributed by atoms with Gasteiger partial charge in [0, 0.05) is 5.69 Å². The van der Waals surface area contributed by atoms with E-state index in [0.29, 0.717) is 0 Å². The van der Waals surface area contributed by atoms with Crippen LogP contribution in [0.15, 0.2) is 48.5 Å². The Balaban J connectivity index is 2.10. The summed E-state index contributed by atoms with van der Waals surface area (Å²) in [6, 6.07) is 15.8. The van der Waals surface area contributed by atoms with E-state index in [0.717, 1.165) is 11.3 Å². The third kappa shape index (κ3) is 3.22. The van der Waals surface area contributed by atoms with Crippen molar-refractivity contribution in [2.75, 3.05) is 5.32 Å². The molecule has 19 heavy (non-hydrogen) atoms. The molecule has 1 N–H and O–H groups in total. The van der Waals surface area contributed by atoms with Crippen molar-refractivity contribution in [1.29, 1.82) is 0 Å². The quantitative estimate of drug-likeness (QED) is 0.878. The summed E-state index contributed by atoms with van der Waals surface area (Å²) in [4.78, 5) is 12.2. The molecule has 1 atom stereocenters. The molecule has 1 amide bonds. The Labute approximate surface area is 114 Å². The molecule has 2 aromatic rings. The van der Waals surface area contributed by atoms with Crippen molar-refractivity contribution >= 4 is 11.6 Å². The van der Waals surface area contributed by atoms with Gasteiger partial charge in [-0.05, 0) is 49.6 Å². The third-order valence-electron chi connectivity index (χ3n) is 3.47. The van der Waals surface area contributed by atoms with E-state index in [1.54, 1.807) is 0 Å². The molecule has 0 aliphatic carbocycles. The predicted molar refractivity (Wildman–Crippen MR) is 79.4 cm³/mol. The van der Waals surface area contributed by atoms with Crippen molar-refractivity contribution in [3.63, 3.8) is 0 Å². The fraction of sp³-hybridized carbons (Fsp3) is 0.235. The van der Waals surface area contributed by atoms with Crippen LogP contribution in [-0.2, 0) is 4.79 Å². The van der Waals surface area contributed by atoms with Crippen LogP contribution < -0.4 is 5.32 Å². The molecule has 2 heteroatoms. The molecular weight excluding hydrogens is 234 g/mol. The Morgan fingerprint density at radius 1 is 1.00 bits per heavy atom. The number of anilines is 1. The van der Waals surface area contributed by atoms with Gasteiger partial charge in [0.05, 0.1) is 5.92 Å². The average molecular weight is 253 g/mol. The van der Waals surface area contributed by atoms with Crippen LogP contribution >= 0.6 is 0 Å². The van der Waals surface area contributed by atoms with Crippen molar-refractivity contribution in [3.8, 4) is 0 Å². The predicted octanol–water partition coefficient (Wildman–Crippen LogP) is 4.05. The zero-order valence-electron chi connectivity index (χ0n) is 11.6. The maximum Gasteiger partial charge on any atom is 0.231 e. The number of aryl methyl sites for hydroxylation is 2. The van der Waals surface area contributed by atoms with Crippen molar-refractivity contribution in [2.45, 2.75) is 26.7 Å². The van der Waals surface area contributed by atoms with E-state index in [1.165, 1.54) is 11.1 Å². The number of hydrogen-bond donors (Lipinski definition) is 1. The Morgan fingerprint density at radius 2 is 1.68 bits per heavy atom. The Kier molecular flexibility index (Phi) is 4.00. The molecule has 0 radical (unpaired) electrons. The highest BCUT2D eigenvalue weighted by molar-refractivity contribution is 5.95. The van der Waals surface area contributed by atoms with E-state index >= 15 is 0 Å². The molecule has 0 bridgehead atoms. The molecule has 0 unspecified atom stereocenters. The molecule has 0 heterocycles. The van der Waals surface area contributed by atoms with E-state index in [-0.39, 0.29) is 11.8 Å². The largest absolute Gasteiger partial charge is 0.326 e. The van der Waals surface area contributed by atoms with Crippen molar-refractivity contribution < 1.29 is 4.79 Å². The molecule has 0 aliphatic heterocycles. The first-order chi connectivity index (χ1) is 9.08. The second-order valence-corrected chi connectivity index (χ2v) is 4.92. The van der Waals surface area contributed by atoms with Crippen LogP contribution in [0.25, 0.3) is 0 Å². The monoisotopic (exact) mass is 253 g/mol. The zero-order valence-corrected chi connectivity index (χ0v) is 11.6. The van der Waals surface area contributed by atoms with E-state index in [4.69, 9.17) is 0 Å². The highest BCUT2D eigenvalue weighted by atomic mass is 16.1. The van der Waals surface area contributed by atoms with E-state index in [9.17, 15) is 4.79 Å². The molecule has 98 valence electrons. The lowest BCUT2D eigenvalue weighted by atomic mass is 10.0. The molecule has 0 saturated carbocycles. The van der Waals surface area contributed by atoms with Crippen molar-refractivity contribution in [3.05, 3.63) is 65.2 Å². The summed E-state index contributed by atoms with van der Waals surface area (Å²) >= 11 is 0. The second-order valence-electron chi connectivity index (χ2n) is 4.92. The van der Waals surface area contributed by atoms with Gasteiger partial charge >= 0.3 is 0 Å². The van der Waals surface area contributed by atoms with Gasteiger partial charge in [-0.25, -0.2) is 0 Å². The first kappa shape index (κ1) is 13.3.